The van der Waals surface area contributed by atoms with Crippen LogP contribution < -0.4 is 4.74 Å². The molecule has 3 rings (SSSR count). The minimum Gasteiger partial charge on any atom is -0.494 e. The van der Waals surface area contributed by atoms with Crippen molar-refractivity contribution >= 4 is 17.9 Å². The maximum absolute atomic E-state index is 12.2. The van der Waals surface area contributed by atoms with Gasteiger partial charge in [-0.3, -0.25) is 9.59 Å². The van der Waals surface area contributed by atoms with Crippen LogP contribution in [0.1, 0.15) is 25.3 Å². The molecule has 7 heteroatoms. The average molecular weight is 346 g/mol. The zero-order valence-corrected chi connectivity index (χ0v) is 14.3. The van der Waals surface area contributed by atoms with Gasteiger partial charge in [0.15, 0.2) is 6.61 Å². The molecule has 0 saturated carbocycles. The second kappa shape index (κ2) is 7.55. The normalized spacial score (nSPS) is 17.5. The molecule has 0 aliphatic carbocycles. The standard InChI is InChI=1S/C18H22N2O5/c1-2-9-24-15-6-3-13(4-7-15)5-8-16(21)19-10-14(11-19)20-17(22)12-25-18(20)23/h3-4,6-7,14H,2,5,8-12H2,1H3. The number of nitrogens with zero attached hydrogens (tertiary/aromatic N) is 2. The molecule has 2 aliphatic rings. The summed E-state index contributed by atoms with van der Waals surface area (Å²) in [6.45, 7) is 3.35. The quantitative estimate of drug-likeness (QED) is 0.749. The highest BCUT2D eigenvalue weighted by molar-refractivity contribution is 5.98. The zero-order valence-electron chi connectivity index (χ0n) is 14.3. The van der Waals surface area contributed by atoms with Crippen LogP contribution in [0.2, 0.25) is 0 Å². The fraction of sp³-hybridized carbons (Fsp3) is 0.500. The highest BCUT2D eigenvalue weighted by atomic mass is 16.6. The molecule has 3 amide bonds. The van der Waals surface area contributed by atoms with Crippen LogP contribution >= 0.6 is 0 Å². The Labute approximate surface area is 146 Å². The Morgan fingerprint density at radius 1 is 1.24 bits per heavy atom. The van der Waals surface area contributed by atoms with E-state index in [1.165, 1.54) is 0 Å². The Morgan fingerprint density at radius 3 is 2.56 bits per heavy atom. The number of imide groups is 1. The van der Waals surface area contributed by atoms with Crippen molar-refractivity contribution in [3.8, 4) is 5.75 Å². The summed E-state index contributed by atoms with van der Waals surface area (Å²) < 4.78 is 10.2. The lowest BCUT2D eigenvalue weighted by atomic mass is 10.0. The van der Waals surface area contributed by atoms with Crippen LogP contribution in [-0.2, 0) is 20.7 Å². The third-order valence-corrected chi connectivity index (χ3v) is 4.39. The molecule has 2 aliphatic heterocycles. The molecular weight excluding hydrogens is 324 g/mol. The summed E-state index contributed by atoms with van der Waals surface area (Å²) in [6, 6.07) is 7.52. The first kappa shape index (κ1) is 17.3. The smallest absolute Gasteiger partial charge is 0.417 e. The zero-order chi connectivity index (χ0) is 17.8. The van der Waals surface area contributed by atoms with E-state index in [0.29, 0.717) is 32.5 Å². The molecule has 2 fully saturated rings. The SMILES string of the molecule is CCCOc1ccc(CCC(=O)N2CC(N3C(=O)COC3=O)C2)cc1. The molecule has 0 spiro atoms. The molecule has 1 aromatic carbocycles. The number of carbonyl (C=O) groups is 3. The van der Waals surface area contributed by atoms with E-state index in [1.807, 2.05) is 24.3 Å². The molecule has 0 unspecified atom stereocenters. The highest BCUT2D eigenvalue weighted by Crippen LogP contribution is 2.21. The number of likely N-dealkylation sites (tertiary alicyclic amines) is 1. The number of cyclic esters (lactones) is 1. The van der Waals surface area contributed by atoms with Crippen LogP contribution in [0.4, 0.5) is 4.79 Å². The highest BCUT2D eigenvalue weighted by Gasteiger charge is 2.44. The molecule has 0 atom stereocenters. The number of benzene rings is 1. The van der Waals surface area contributed by atoms with Gasteiger partial charge in [-0.15, -0.1) is 0 Å². The van der Waals surface area contributed by atoms with Crippen molar-refractivity contribution in [1.82, 2.24) is 9.80 Å². The fourth-order valence-corrected chi connectivity index (χ4v) is 2.92. The van der Waals surface area contributed by atoms with Crippen LogP contribution in [0, 0.1) is 0 Å². The van der Waals surface area contributed by atoms with E-state index in [-0.39, 0.29) is 24.5 Å². The van der Waals surface area contributed by atoms with Crippen molar-refractivity contribution in [1.29, 1.82) is 0 Å². The van der Waals surface area contributed by atoms with Gasteiger partial charge in [-0.1, -0.05) is 19.1 Å². The van der Waals surface area contributed by atoms with Crippen LogP contribution in [-0.4, -0.2) is 60.1 Å². The largest absolute Gasteiger partial charge is 0.494 e. The van der Waals surface area contributed by atoms with Gasteiger partial charge in [0.2, 0.25) is 5.91 Å². The second-order valence-corrected chi connectivity index (χ2v) is 6.26. The van der Waals surface area contributed by atoms with Gasteiger partial charge in [0.1, 0.15) is 5.75 Å². The van der Waals surface area contributed by atoms with Crippen molar-refractivity contribution in [3.05, 3.63) is 29.8 Å². The maximum Gasteiger partial charge on any atom is 0.417 e. The number of amides is 3. The molecule has 7 nitrogen and oxygen atoms in total. The number of rotatable bonds is 7. The van der Waals surface area contributed by atoms with Crippen molar-refractivity contribution in [2.45, 2.75) is 32.2 Å². The van der Waals surface area contributed by atoms with E-state index in [2.05, 4.69) is 6.92 Å². The first-order valence-electron chi connectivity index (χ1n) is 8.57. The minimum absolute atomic E-state index is 0.0302. The van der Waals surface area contributed by atoms with Crippen molar-refractivity contribution in [2.24, 2.45) is 0 Å². The molecular formula is C18H22N2O5. The first-order valence-corrected chi connectivity index (χ1v) is 8.57. The Kier molecular flexibility index (Phi) is 5.21. The van der Waals surface area contributed by atoms with Crippen LogP contribution in [0.5, 0.6) is 5.75 Å². The van der Waals surface area contributed by atoms with Gasteiger partial charge < -0.3 is 14.4 Å². The predicted molar refractivity (Wildman–Crippen MR) is 89.1 cm³/mol. The molecule has 25 heavy (non-hydrogen) atoms. The third kappa shape index (κ3) is 3.92. The van der Waals surface area contributed by atoms with Gasteiger partial charge >= 0.3 is 6.09 Å². The summed E-state index contributed by atoms with van der Waals surface area (Å²) in [6.07, 6.45) is 1.42. The van der Waals surface area contributed by atoms with E-state index in [1.54, 1.807) is 4.90 Å². The lowest BCUT2D eigenvalue weighted by molar-refractivity contribution is -0.142. The van der Waals surface area contributed by atoms with Crippen molar-refractivity contribution < 1.29 is 23.9 Å². The summed E-state index contributed by atoms with van der Waals surface area (Å²) in [5, 5.41) is 0. The lowest BCUT2D eigenvalue weighted by Crippen LogP contribution is -2.62. The minimum atomic E-state index is -0.604. The summed E-state index contributed by atoms with van der Waals surface area (Å²) in [4.78, 5) is 38.0. The number of aryl methyl sites for hydroxylation is 1. The van der Waals surface area contributed by atoms with Gasteiger partial charge in [-0.05, 0) is 30.5 Å². The Bertz CT molecular complexity index is 636. The Hall–Kier alpha value is -2.57. The van der Waals surface area contributed by atoms with Crippen LogP contribution in [0.15, 0.2) is 24.3 Å². The van der Waals surface area contributed by atoms with E-state index < -0.39 is 6.09 Å². The summed E-state index contributed by atoms with van der Waals surface area (Å²) in [5.74, 6) is 0.541. The topological polar surface area (TPSA) is 76.2 Å². The predicted octanol–water partition coefficient (Wildman–Crippen LogP) is 1.60. The van der Waals surface area contributed by atoms with Gasteiger partial charge in [0.05, 0.1) is 12.6 Å². The molecule has 2 heterocycles. The molecule has 0 radical (unpaired) electrons. The van der Waals surface area contributed by atoms with E-state index >= 15 is 0 Å². The summed E-state index contributed by atoms with van der Waals surface area (Å²) in [5.41, 5.74) is 1.08. The molecule has 2 saturated heterocycles. The van der Waals surface area contributed by atoms with Crippen molar-refractivity contribution in [2.75, 3.05) is 26.3 Å². The monoisotopic (exact) mass is 346 g/mol. The van der Waals surface area contributed by atoms with E-state index in [0.717, 1.165) is 22.6 Å². The fourth-order valence-electron chi connectivity index (χ4n) is 2.92. The number of hydrogen-bond donors (Lipinski definition) is 0. The summed E-state index contributed by atoms with van der Waals surface area (Å²) >= 11 is 0. The first-order chi connectivity index (χ1) is 12.1. The van der Waals surface area contributed by atoms with E-state index in [4.69, 9.17) is 9.47 Å². The van der Waals surface area contributed by atoms with E-state index in [9.17, 15) is 14.4 Å². The lowest BCUT2D eigenvalue weighted by Gasteiger charge is -2.42. The Morgan fingerprint density at radius 2 is 1.96 bits per heavy atom. The summed E-state index contributed by atoms with van der Waals surface area (Å²) in [7, 11) is 0. The molecule has 0 aromatic heterocycles. The molecule has 0 N–H and O–H groups in total. The molecule has 134 valence electrons. The van der Waals surface area contributed by atoms with Crippen molar-refractivity contribution in [3.63, 3.8) is 0 Å². The van der Waals surface area contributed by atoms with Crippen LogP contribution in [0.25, 0.3) is 0 Å². The third-order valence-electron chi connectivity index (χ3n) is 4.39. The number of hydrogen-bond acceptors (Lipinski definition) is 5. The molecule has 1 aromatic rings. The van der Waals surface area contributed by atoms with Gasteiger partial charge in [0.25, 0.3) is 5.91 Å². The maximum atomic E-state index is 12.2. The van der Waals surface area contributed by atoms with Gasteiger partial charge in [-0.25, -0.2) is 9.69 Å². The Balaban J connectivity index is 1.42. The van der Waals surface area contributed by atoms with Crippen LogP contribution in [0.3, 0.4) is 0 Å². The van der Waals surface area contributed by atoms with Gasteiger partial charge in [-0.2, -0.15) is 0 Å². The van der Waals surface area contributed by atoms with Gasteiger partial charge in [0, 0.05) is 19.5 Å². The number of carbonyl (C=O) groups excluding carboxylic acids is 3. The molecule has 0 bridgehead atoms. The second-order valence-electron chi connectivity index (χ2n) is 6.26. The average Bonchev–Trinajstić information content (AvgIpc) is 2.90. The number of ether oxygens (including phenoxy) is 2.